The van der Waals surface area contributed by atoms with Crippen LogP contribution in [0.4, 0.5) is 0 Å². The van der Waals surface area contributed by atoms with Gasteiger partial charge in [0.15, 0.2) is 0 Å². The summed E-state index contributed by atoms with van der Waals surface area (Å²) in [7, 11) is 0. The first-order valence-corrected chi connectivity index (χ1v) is 5.55. The molecule has 0 aliphatic heterocycles. The second kappa shape index (κ2) is 4.75. The van der Waals surface area contributed by atoms with E-state index in [1.807, 2.05) is 0 Å². The van der Waals surface area contributed by atoms with Crippen molar-refractivity contribution < 1.29 is 5.11 Å². The van der Waals surface area contributed by atoms with Gasteiger partial charge in [-0.1, -0.05) is 20.8 Å². The predicted molar refractivity (Wildman–Crippen MR) is 59.2 cm³/mol. The van der Waals surface area contributed by atoms with Crippen molar-refractivity contribution in [2.45, 2.75) is 31.6 Å². The minimum atomic E-state index is -0.520. The van der Waals surface area contributed by atoms with Crippen LogP contribution in [0.5, 0.6) is 0 Å². The highest BCUT2D eigenvalue weighted by molar-refractivity contribution is 8.00. The molecule has 1 N–H and O–H groups in total. The van der Waals surface area contributed by atoms with Gasteiger partial charge in [-0.25, -0.2) is 0 Å². The second-order valence-electron chi connectivity index (χ2n) is 4.07. The van der Waals surface area contributed by atoms with Crippen LogP contribution >= 0.6 is 11.8 Å². The van der Waals surface area contributed by atoms with Gasteiger partial charge >= 0.3 is 0 Å². The molecular formula is C10H16N2OS. The normalized spacial score (nSPS) is 14.0. The van der Waals surface area contributed by atoms with Gasteiger partial charge < -0.3 is 5.11 Å². The number of hydrogen-bond donors (Lipinski definition) is 1. The van der Waals surface area contributed by atoms with Crippen molar-refractivity contribution in [3.63, 3.8) is 0 Å². The molecule has 0 bridgehead atoms. The third-order valence-electron chi connectivity index (χ3n) is 1.60. The van der Waals surface area contributed by atoms with E-state index in [4.69, 9.17) is 0 Å². The van der Waals surface area contributed by atoms with Crippen molar-refractivity contribution in [3.8, 4) is 0 Å². The van der Waals surface area contributed by atoms with Crippen molar-refractivity contribution in [1.29, 1.82) is 0 Å². The molecule has 78 valence electrons. The molecule has 0 saturated heterocycles. The average molecular weight is 212 g/mol. The maximum atomic E-state index is 9.76. The SMILES string of the molecule is CC(C)(C)SCC(O)c1cnccn1. The van der Waals surface area contributed by atoms with Crippen LogP contribution in [0.25, 0.3) is 0 Å². The van der Waals surface area contributed by atoms with Gasteiger partial charge in [-0.3, -0.25) is 9.97 Å². The number of hydrogen-bond acceptors (Lipinski definition) is 4. The number of nitrogens with zero attached hydrogens (tertiary/aromatic N) is 2. The molecule has 14 heavy (non-hydrogen) atoms. The summed E-state index contributed by atoms with van der Waals surface area (Å²) < 4.78 is 0.170. The first-order valence-electron chi connectivity index (χ1n) is 4.57. The summed E-state index contributed by atoms with van der Waals surface area (Å²) in [6.45, 7) is 6.38. The van der Waals surface area contributed by atoms with Crippen LogP contribution in [0.1, 0.15) is 32.6 Å². The molecule has 0 aromatic carbocycles. The van der Waals surface area contributed by atoms with Crippen LogP contribution in [0, 0.1) is 0 Å². The molecule has 4 heteroatoms. The van der Waals surface area contributed by atoms with E-state index in [2.05, 4.69) is 30.7 Å². The van der Waals surface area contributed by atoms with Crippen molar-refractivity contribution in [2.75, 3.05) is 5.75 Å². The van der Waals surface area contributed by atoms with Crippen molar-refractivity contribution in [2.24, 2.45) is 0 Å². The smallest absolute Gasteiger partial charge is 0.107 e. The lowest BCUT2D eigenvalue weighted by Gasteiger charge is -2.19. The summed E-state index contributed by atoms with van der Waals surface area (Å²) >= 11 is 1.72. The van der Waals surface area contributed by atoms with E-state index >= 15 is 0 Å². The maximum absolute atomic E-state index is 9.76. The zero-order valence-corrected chi connectivity index (χ0v) is 9.58. The fraction of sp³-hybridized carbons (Fsp3) is 0.600. The summed E-state index contributed by atoms with van der Waals surface area (Å²) in [6, 6.07) is 0. The van der Waals surface area contributed by atoms with Crippen LogP contribution in [0.15, 0.2) is 18.6 Å². The topological polar surface area (TPSA) is 46.0 Å². The van der Waals surface area contributed by atoms with Crippen molar-refractivity contribution in [1.82, 2.24) is 9.97 Å². The first kappa shape index (κ1) is 11.5. The first-order chi connectivity index (χ1) is 6.49. The highest BCUT2D eigenvalue weighted by Gasteiger charge is 2.15. The van der Waals surface area contributed by atoms with E-state index in [0.717, 1.165) is 0 Å². The molecule has 1 unspecified atom stereocenters. The minimum absolute atomic E-state index is 0.170. The summed E-state index contributed by atoms with van der Waals surface area (Å²) in [4.78, 5) is 7.97. The molecule has 0 aliphatic rings. The zero-order chi connectivity index (χ0) is 10.6. The second-order valence-corrected chi connectivity index (χ2v) is 5.92. The predicted octanol–water partition coefficient (Wildman–Crippen LogP) is 2.04. The Morgan fingerprint density at radius 3 is 2.64 bits per heavy atom. The Labute approximate surface area is 89.0 Å². The third-order valence-corrected chi connectivity index (χ3v) is 2.95. The molecule has 1 atom stereocenters. The Bertz CT molecular complexity index is 271. The van der Waals surface area contributed by atoms with Gasteiger partial charge in [0.25, 0.3) is 0 Å². The summed E-state index contributed by atoms with van der Waals surface area (Å²) in [5.74, 6) is 0.655. The van der Waals surface area contributed by atoms with E-state index < -0.39 is 6.10 Å². The number of thioether (sulfide) groups is 1. The quantitative estimate of drug-likeness (QED) is 0.833. The van der Waals surface area contributed by atoms with E-state index in [1.54, 1.807) is 30.4 Å². The lowest BCUT2D eigenvalue weighted by Crippen LogP contribution is -2.12. The Balaban J connectivity index is 2.48. The van der Waals surface area contributed by atoms with Gasteiger partial charge in [-0.05, 0) is 0 Å². The number of aliphatic hydroxyl groups is 1. The molecule has 0 spiro atoms. The highest BCUT2D eigenvalue weighted by Crippen LogP contribution is 2.27. The van der Waals surface area contributed by atoms with Crippen LogP contribution < -0.4 is 0 Å². The van der Waals surface area contributed by atoms with E-state index in [1.165, 1.54) is 0 Å². The molecule has 1 aromatic rings. The van der Waals surface area contributed by atoms with Crippen LogP contribution in [-0.2, 0) is 0 Å². The lowest BCUT2D eigenvalue weighted by molar-refractivity contribution is 0.198. The minimum Gasteiger partial charge on any atom is -0.386 e. The van der Waals surface area contributed by atoms with Gasteiger partial charge in [-0.2, -0.15) is 11.8 Å². The Kier molecular flexibility index (Phi) is 3.89. The molecule has 0 aliphatic carbocycles. The number of aliphatic hydroxyl groups excluding tert-OH is 1. The standard InChI is InChI=1S/C10H16N2OS/c1-10(2,3)14-7-9(13)8-6-11-4-5-12-8/h4-6,9,13H,7H2,1-3H3. The summed E-state index contributed by atoms with van der Waals surface area (Å²) in [6.07, 6.45) is 4.29. The van der Waals surface area contributed by atoms with Crippen molar-refractivity contribution >= 4 is 11.8 Å². The Morgan fingerprint density at radius 2 is 2.14 bits per heavy atom. The van der Waals surface area contributed by atoms with Crippen molar-refractivity contribution in [3.05, 3.63) is 24.3 Å². The number of rotatable bonds is 3. The molecule has 0 radical (unpaired) electrons. The molecule has 1 heterocycles. The third kappa shape index (κ3) is 4.07. The maximum Gasteiger partial charge on any atom is 0.107 e. The average Bonchev–Trinajstić information content (AvgIpc) is 2.14. The zero-order valence-electron chi connectivity index (χ0n) is 8.77. The van der Waals surface area contributed by atoms with E-state index in [-0.39, 0.29) is 4.75 Å². The molecule has 0 saturated carbocycles. The molecular weight excluding hydrogens is 196 g/mol. The molecule has 1 rings (SSSR count). The molecule has 0 fully saturated rings. The summed E-state index contributed by atoms with van der Waals surface area (Å²) in [5, 5.41) is 9.76. The Morgan fingerprint density at radius 1 is 1.43 bits per heavy atom. The Hall–Kier alpha value is -0.610. The van der Waals surface area contributed by atoms with Gasteiger partial charge in [-0.15, -0.1) is 0 Å². The largest absolute Gasteiger partial charge is 0.386 e. The van der Waals surface area contributed by atoms with Gasteiger partial charge in [0, 0.05) is 22.9 Å². The van der Waals surface area contributed by atoms with Gasteiger partial charge in [0.2, 0.25) is 0 Å². The van der Waals surface area contributed by atoms with E-state index in [9.17, 15) is 5.11 Å². The van der Waals surface area contributed by atoms with E-state index in [0.29, 0.717) is 11.4 Å². The number of aromatic nitrogens is 2. The monoisotopic (exact) mass is 212 g/mol. The van der Waals surface area contributed by atoms with Crippen LogP contribution in [0.2, 0.25) is 0 Å². The fourth-order valence-electron chi connectivity index (χ4n) is 0.897. The van der Waals surface area contributed by atoms with Crippen LogP contribution in [0.3, 0.4) is 0 Å². The lowest BCUT2D eigenvalue weighted by atomic mass is 10.3. The molecule has 1 aromatic heterocycles. The highest BCUT2D eigenvalue weighted by atomic mass is 32.2. The van der Waals surface area contributed by atoms with Gasteiger partial charge in [0.1, 0.15) is 6.10 Å². The fourth-order valence-corrected chi connectivity index (χ4v) is 1.73. The summed E-state index contributed by atoms with van der Waals surface area (Å²) in [5.41, 5.74) is 0.643. The molecule has 0 amide bonds. The van der Waals surface area contributed by atoms with Gasteiger partial charge in [0.05, 0.1) is 11.9 Å². The molecule has 3 nitrogen and oxygen atoms in total. The van der Waals surface area contributed by atoms with Crippen LogP contribution in [-0.4, -0.2) is 25.6 Å².